The van der Waals surface area contributed by atoms with Gasteiger partial charge in [-0.3, -0.25) is 9.59 Å². The smallest absolute Gasteiger partial charge is 0.338 e. The summed E-state index contributed by atoms with van der Waals surface area (Å²) in [5.74, 6) is -3.16. The van der Waals surface area contributed by atoms with Crippen molar-refractivity contribution in [3.05, 3.63) is 89.1 Å². The zero-order valence-corrected chi connectivity index (χ0v) is 34.8. The zero-order chi connectivity index (χ0) is 41.2. The molecular weight excluding hydrogens is 728 g/mol. The van der Waals surface area contributed by atoms with Crippen molar-refractivity contribution in [2.45, 2.75) is 142 Å². The van der Waals surface area contributed by atoms with Gasteiger partial charge < -0.3 is 38.3 Å². The van der Waals surface area contributed by atoms with Crippen molar-refractivity contribution in [3.8, 4) is 5.75 Å². The summed E-state index contributed by atoms with van der Waals surface area (Å²) in [4.78, 5) is 40.4. The minimum atomic E-state index is -1.92. The number of fused-ring (bicyclic) bond motifs is 2. The molecule has 11 heteroatoms. The van der Waals surface area contributed by atoms with Crippen LogP contribution < -0.4 is 4.74 Å². The summed E-state index contributed by atoms with van der Waals surface area (Å²) in [7, 11) is 0. The summed E-state index contributed by atoms with van der Waals surface area (Å²) >= 11 is 0. The molecule has 2 saturated heterocycles. The Bertz CT molecular complexity index is 1810. The SMILES string of the molecule is CC[C@H](C)[C@H]1O[C@]2(C=C[C@@H]1C)C[C@@H]1C[C@@H](C/C=C(\C)[C@@H](OC(C)=O)[C@@H](C)/C=C/C=C3\CO[C@@H]4[C@H](OC(=O)c5ccc(OC(C)C)cc5)C(C)=C[C@@H](C(=O)O1)[C@]34O)O2. The average molecular weight is 789 g/mol. The molecule has 1 aromatic carbocycles. The number of esters is 3. The standard InChI is InChI=1S/C46H60O11/c1-10-27(4)40-30(7)20-21-45(57-40)24-37-23-36(56-45)17-14-29(6)39(53-32(9)47)28(5)12-11-13-34-25-51-42-41(31(8)22-38(44(49)54-37)46(34,42)50)55-43(48)33-15-18-35(19-16-33)52-26(2)3/h11-16,18-22,26-28,30,36-42,50H,10,17,23-25H2,1-9H3/b12-11+,29-14+,34-13+/t27-,28-,30-,36+,37-,38-,39-,40+,41+,42+,45+,46+/m0/s1. The molecule has 0 saturated carbocycles. The van der Waals surface area contributed by atoms with Crippen LogP contribution >= 0.6 is 0 Å². The molecule has 0 amide bonds. The van der Waals surface area contributed by atoms with Crippen LogP contribution in [0.2, 0.25) is 0 Å². The maximum atomic E-state index is 14.6. The summed E-state index contributed by atoms with van der Waals surface area (Å²) in [5.41, 5.74) is 0.205. The molecule has 310 valence electrons. The first-order valence-electron chi connectivity index (χ1n) is 20.5. The van der Waals surface area contributed by atoms with E-state index in [9.17, 15) is 19.5 Å². The molecule has 1 aromatic rings. The topological polar surface area (TPSA) is 136 Å². The Morgan fingerprint density at radius 2 is 1.70 bits per heavy atom. The third-order valence-electron chi connectivity index (χ3n) is 12.0. The Morgan fingerprint density at radius 3 is 2.39 bits per heavy atom. The Labute approximate surface area is 337 Å². The van der Waals surface area contributed by atoms with Crippen molar-refractivity contribution in [2.75, 3.05) is 6.61 Å². The van der Waals surface area contributed by atoms with Gasteiger partial charge >= 0.3 is 17.9 Å². The van der Waals surface area contributed by atoms with Crippen LogP contribution in [0, 0.1) is 23.7 Å². The van der Waals surface area contributed by atoms with E-state index in [0.29, 0.717) is 35.3 Å². The van der Waals surface area contributed by atoms with Crippen molar-refractivity contribution in [1.29, 1.82) is 0 Å². The largest absolute Gasteiger partial charge is 0.491 e. The van der Waals surface area contributed by atoms with E-state index in [1.54, 1.807) is 49.4 Å². The predicted octanol–water partition coefficient (Wildman–Crippen LogP) is 7.53. The van der Waals surface area contributed by atoms with Gasteiger partial charge in [-0.2, -0.15) is 0 Å². The molecule has 5 aliphatic rings. The number of rotatable bonds is 7. The van der Waals surface area contributed by atoms with Gasteiger partial charge in [0.25, 0.3) is 0 Å². The molecule has 4 aliphatic heterocycles. The number of aliphatic hydroxyl groups is 1. The molecule has 12 atom stereocenters. The van der Waals surface area contributed by atoms with E-state index in [4.69, 9.17) is 33.2 Å². The minimum Gasteiger partial charge on any atom is -0.491 e. The number of ether oxygens (including phenoxy) is 7. The summed E-state index contributed by atoms with van der Waals surface area (Å²) in [6.45, 7) is 17.3. The Kier molecular flexibility index (Phi) is 13.0. The van der Waals surface area contributed by atoms with Crippen molar-refractivity contribution < 1.29 is 52.6 Å². The van der Waals surface area contributed by atoms with E-state index in [-0.39, 0.29) is 43.0 Å². The van der Waals surface area contributed by atoms with E-state index >= 15 is 0 Å². The Balaban J connectivity index is 1.38. The lowest BCUT2D eigenvalue weighted by Crippen LogP contribution is -2.59. The molecule has 0 aromatic heterocycles. The molecule has 11 nitrogen and oxygen atoms in total. The highest BCUT2D eigenvalue weighted by Gasteiger charge is 2.61. The second-order valence-corrected chi connectivity index (χ2v) is 16.8. The van der Waals surface area contributed by atoms with Crippen LogP contribution in [0.4, 0.5) is 0 Å². The van der Waals surface area contributed by atoms with Gasteiger partial charge in [-0.15, -0.1) is 0 Å². The van der Waals surface area contributed by atoms with Gasteiger partial charge in [-0.05, 0) is 87.1 Å². The van der Waals surface area contributed by atoms with Crippen LogP contribution in [0.5, 0.6) is 5.75 Å². The molecule has 1 spiro atoms. The normalized spacial score (nSPS) is 38.4. The predicted molar refractivity (Wildman–Crippen MR) is 213 cm³/mol. The van der Waals surface area contributed by atoms with Crippen LogP contribution in [0.3, 0.4) is 0 Å². The number of allylic oxidation sites excluding steroid dienone is 2. The molecule has 57 heavy (non-hydrogen) atoms. The average Bonchev–Trinajstić information content (AvgIpc) is 3.50. The first-order chi connectivity index (χ1) is 27.0. The van der Waals surface area contributed by atoms with E-state index in [1.165, 1.54) is 6.92 Å². The van der Waals surface area contributed by atoms with Crippen molar-refractivity contribution in [1.82, 2.24) is 0 Å². The first-order valence-corrected chi connectivity index (χ1v) is 20.5. The molecule has 0 unspecified atom stereocenters. The monoisotopic (exact) mass is 788 g/mol. The lowest BCUT2D eigenvalue weighted by Gasteiger charge is -2.48. The fourth-order valence-corrected chi connectivity index (χ4v) is 8.79. The minimum absolute atomic E-state index is 0.0251. The summed E-state index contributed by atoms with van der Waals surface area (Å²) in [6.07, 6.45) is 11.3. The van der Waals surface area contributed by atoms with Gasteiger partial charge in [0.2, 0.25) is 0 Å². The number of hydrogen-bond donors (Lipinski definition) is 1. The van der Waals surface area contributed by atoms with E-state index in [1.807, 2.05) is 45.9 Å². The van der Waals surface area contributed by atoms with Crippen LogP contribution in [-0.2, 0) is 38.0 Å². The Morgan fingerprint density at radius 1 is 0.965 bits per heavy atom. The fraction of sp³-hybridized carbons (Fsp3) is 0.587. The second-order valence-electron chi connectivity index (χ2n) is 16.8. The second kappa shape index (κ2) is 17.4. The van der Waals surface area contributed by atoms with Crippen LogP contribution in [0.25, 0.3) is 0 Å². The zero-order valence-electron chi connectivity index (χ0n) is 34.8. The highest BCUT2D eigenvalue weighted by atomic mass is 16.7. The van der Waals surface area contributed by atoms with E-state index in [2.05, 4.69) is 26.8 Å². The summed E-state index contributed by atoms with van der Waals surface area (Å²) in [6, 6.07) is 6.66. The van der Waals surface area contributed by atoms with Gasteiger partial charge in [0.05, 0.1) is 30.5 Å². The van der Waals surface area contributed by atoms with Gasteiger partial charge in [0.1, 0.15) is 35.6 Å². The summed E-state index contributed by atoms with van der Waals surface area (Å²) in [5, 5.41) is 12.8. The van der Waals surface area contributed by atoms with Crippen molar-refractivity contribution in [3.63, 3.8) is 0 Å². The van der Waals surface area contributed by atoms with Crippen molar-refractivity contribution in [2.24, 2.45) is 23.7 Å². The molecule has 4 heterocycles. The van der Waals surface area contributed by atoms with Gasteiger partial charge in [0.15, 0.2) is 11.9 Å². The molecule has 6 rings (SSSR count). The lowest BCUT2D eigenvalue weighted by atomic mass is 9.70. The quantitative estimate of drug-likeness (QED) is 0.167. The maximum absolute atomic E-state index is 14.6. The molecule has 1 aliphatic carbocycles. The van der Waals surface area contributed by atoms with Gasteiger partial charge in [0, 0.05) is 31.6 Å². The number of hydrogen-bond acceptors (Lipinski definition) is 11. The third-order valence-corrected chi connectivity index (χ3v) is 12.0. The van der Waals surface area contributed by atoms with Crippen LogP contribution in [0.15, 0.2) is 83.5 Å². The highest BCUT2D eigenvalue weighted by molar-refractivity contribution is 5.90. The van der Waals surface area contributed by atoms with Crippen molar-refractivity contribution >= 4 is 17.9 Å². The molecule has 2 fully saturated rings. The maximum Gasteiger partial charge on any atom is 0.338 e. The lowest BCUT2D eigenvalue weighted by molar-refractivity contribution is -0.300. The fourth-order valence-electron chi connectivity index (χ4n) is 8.79. The first kappa shape index (κ1) is 42.6. The van der Waals surface area contributed by atoms with Gasteiger partial charge in [-0.1, -0.05) is 70.6 Å². The Hall–Kier alpha value is -4.03. The van der Waals surface area contributed by atoms with E-state index < -0.39 is 65.7 Å². The molecule has 0 radical (unpaired) electrons. The van der Waals surface area contributed by atoms with E-state index in [0.717, 1.165) is 12.0 Å². The third kappa shape index (κ3) is 9.17. The number of carbonyl (C=O) groups is 3. The van der Waals surface area contributed by atoms with Crippen LogP contribution in [0.1, 0.15) is 98.4 Å². The summed E-state index contributed by atoms with van der Waals surface area (Å²) < 4.78 is 43.9. The highest BCUT2D eigenvalue weighted by Crippen LogP contribution is 2.48. The number of benzene rings is 1. The number of carbonyl (C=O) groups excluding carboxylic acids is 3. The molecule has 1 N–H and O–H groups in total. The van der Waals surface area contributed by atoms with Crippen LogP contribution in [-0.4, -0.2) is 83.7 Å². The van der Waals surface area contributed by atoms with Gasteiger partial charge in [-0.25, -0.2) is 4.79 Å². The molecular formula is C46H60O11. The molecule has 2 bridgehead atoms.